The van der Waals surface area contributed by atoms with E-state index in [0.717, 1.165) is 6.26 Å². The van der Waals surface area contributed by atoms with Crippen LogP contribution in [0, 0.1) is 0 Å². The molecule has 1 N–H and O–H groups in total. The van der Waals surface area contributed by atoms with Gasteiger partial charge in [0, 0.05) is 6.26 Å². The van der Waals surface area contributed by atoms with Gasteiger partial charge in [-0.15, -0.1) is 0 Å². The molecule has 0 aliphatic heterocycles. The van der Waals surface area contributed by atoms with Crippen molar-refractivity contribution in [2.75, 3.05) is 13.4 Å². The molecule has 2 unspecified atom stereocenters. The number of aliphatic hydroxyl groups is 1. The van der Waals surface area contributed by atoms with Crippen molar-refractivity contribution in [1.82, 2.24) is 0 Å². The topological polar surface area (TPSA) is 63.6 Å². The highest BCUT2D eigenvalue weighted by Crippen LogP contribution is 2.30. The predicted molar refractivity (Wildman–Crippen MR) is 70.0 cm³/mol. The molecular formula is C11H15BrO4S. The first-order valence-electron chi connectivity index (χ1n) is 4.97. The number of sulfone groups is 1. The van der Waals surface area contributed by atoms with Gasteiger partial charge in [-0.25, -0.2) is 8.42 Å². The third kappa shape index (κ3) is 3.43. The van der Waals surface area contributed by atoms with E-state index in [-0.39, 0.29) is 0 Å². The zero-order valence-electron chi connectivity index (χ0n) is 9.84. The van der Waals surface area contributed by atoms with Gasteiger partial charge in [0.15, 0.2) is 9.84 Å². The lowest BCUT2D eigenvalue weighted by Gasteiger charge is -2.18. The van der Waals surface area contributed by atoms with Gasteiger partial charge in [-0.2, -0.15) is 0 Å². The molecule has 0 fully saturated rings. The van der Waals surface area contributed by atoms with Gasteiger partial charge in [0.05, 0.1) is 22.9 Å². The van der Waals surface area contributed by atoms with Crippen LogP contribution in [-0.2, 0) is 9.84 Å². The minimum absolute atomic E-state index is 0.538. The van der Waals surface area contributed by atoms with Crippen LogP contribution in [0.1, 0.15) is 18.6 Å². The Morgan fingerprint density at radius 1 is 1.41 bits per heavy atom. The lowest BCUT2D eigenvalue weighted by molar-refractivity contribution is 0.176. The van der Waals surface area contributed by atoms with Crippen LogP contribution in [0.2, 0.25) is 0 Å². The van der Waals surface area contributed by atoms with Crippen LogP contribution in [0.15, 0.2) is 22.7 Å². The van der Waals surface area contributed by atoms with E-state index in [4.69, 9.17) is 4.74 Å². The van der Waals surface area contributed by atoms with Crippen molar-refractivity contribution in [1.29, 1.82) is 0 Å². The summed E-state index contributed by atoms with van der Waals surface area (Å²) in [6.07, 6.45) is 0.0617. The van der Waals surface area contributed by atoms with Crippen molar-refractivity contribution in [3.63, 3.8) is 0 Å². The Morgan fingerprint density at radius 3 is 2.41 bits per heavy atom. The molecule has 1 aromatic rings. The minimum Gasteiger partial charge on any atom is -0.496 e. The van der Waals surface area contributed by atoms with Crippen LogP contribution in [-0.4, -0.2) is 32.1 Å². The van der Waals surface area contributed by atoms with Crippen LogP contribution in [0.5, 0.6) is 5.75 Å². The predicted octanol–water partition coefficient (Wildman–Crippen LogP) is 1.92. The maximum absolute atomic E-state index is 11.4. The summed E-state index contributed by atoms with van der Waals surface area (Å²) in [5.74, 6) is 0.632. The van der Waals surface area contributed by atoms with Gasteiger partial charge in [-0.05, 0) is 40.5 Å². The average Bonchev–Trinajstić information content (AvgIpc) is 2.25. The Hall–Kier alpha value is -0.590. The number of halogens is 1. The number of hydrogen-bond donors (Lipinski definition) is 1. The second kappa shape index (κ2) is 5.37. The lowest BCUT2D eigenvalue weighted by atomic mass is 10.1. The molecule has 0 aromatic heterocycles. The molecule has 0 bridgehead atoms. The zero-order valence-corrected chi connectivity index (χ0v) is 12.2. The number of ether oxygens (including phenoxy) is 1. The van der Waals surface area contributed by atoms with Gasteiger partial charge in [0.2, 0.25) is 0 Å². The standard InChI is InChI=1S/C11H15BrO4S/c1-7(17(3,14)15)11(13)8-4-5-10(16-2)9(12)6-8/h4-7,11,13H,1-3H3. The van der Waals surface area contributed by atoms with Crippen LogP contribution in [0.3, 0.4) is 0 Å². The van der Waals surface area contributed by atoms with Crippen molar-refractivity contribution in [2.24, 2.45) is 0 Å². The Kier molecular flexibility index (Phi) is 4.57. The number of benzene rings is 1. The van der Waals surface area contributed by atoms with Crippen LogP contribution < -0.4 is 4.74 Å². The lowest BCUT2D eigenvalue weighted by Crippen LogP contribution is -2.24. The Bertz CT molecular complexity index is 498. The molecule has 0 amide bonds. The smallest absolute Gasteiger partial charge is 0.152 e. The van der Waals surface area contributed by atoms with Crippen molar-refractivity contribution in [3.8, 4) is 5.75 Å². The quantitative estimate of drug-likeness (QED) is 0.919. The highest BCUT2D eigenvalue weighted by atomic mass is 79.9. The number of hydrogen-bond acceptors (Lipinski definition) is 4. The molecule has 4 nitrogen and oxygen atoms in total. The summed E-state index contributed by atoms with van der Waals surface area (Å²) in [4.78, 5) is 0. The molecule has 1 rings (SSSR count). The fraction of sp³-hybridized carbons (Fsp3) is 0.455. The summed E-state index contributed by atoms with van der Waals surface area (Å²) in [7, 11) is -1.74. The fourth-order valence-electron chi connectivity index (χ4n) is 1.37. The third-order valence-corrected chi connectivity index (χ3v) is 4.87. The van der Waals surface area contributed by atoms with E-state index in [9.17, 15) is 13.5 Å². The van der Waals surface area contributed by atoms with Gasteiger partial charge in [-0.3, -0.25) is 0 Å². The Balaban J connectivity index is 3.05. The van der Waals surface area contributed by atoms with E-state index in [1.165, 1.54) is 14.0 Å². The van der Waals surface area contributed by atoms with E-state index in [1.54, 1.807) is 18.2 Å². The molecule has 0 spiro atoms. The molecule has 0 radical (unpaired) electrons. The van der Waals surface area contributed by atoms with Gasteiger partial charge in [0.25, 0.3) is 0 Å². The summed E-state index contributed by atoms with van der Waals surface area (Å²) >= 11 is 3.29. The number of aliphatic hydroxyl groups excluding tert-OH is 1. The molecule has 17 heavy (non-hydrogen) atoms. The fourth-order valence-corrected chi connectivity index (χ4v) is 2.56. The summed E-state index contributed by atoms with van der Waals surface area (Å²) in [6.45, 7) is 1.48. The van der Waals surface area contributed by atoms with Gasteiger partial charge >= 0.3 is 0 Å². The highest BCUT2D eigenvalue weighted by molar-refractivity contribution is 9.10. The van der Waals surface area contributed by atoms with Crippen LogP contribution in [0.25, 0.3) is 0 Å². The third-order valence-electron chi connectivity index (χ3n) is 2.64. The first-order valence-corrected chi connectivity index (χ1v) is 7.72. The molecule has 2 atom stereocenters. The van der Waals surface area contributed by atoms with E-state index in [1.807, 2.05) is 0 Å². The van der Waals surface area contributed by atoms with Gasteiger partial charge < -0.3 is 9.84 Å². The molecule has 96 valence electrons. The van der Waals surface area contributed by atoms with Crippen molar-refractivity contribution in [2.45, 2.75) is 18.3 Å². The van der Waals surface area contributed by atoms with Crippen LogP contribution in [0.4, 0.5) is 0 Å². The van der Waals surface area contributed by atoms with Crippen molar-refractivity contribution >= 4 is 25.8 Å². The van der Waals surface area contributed by atoms with Crippen LogP contribution >= 0.6 is 15.9 Å². The minimum atomic E-state index is -3.28. The molecule has 0 aliphatic carbocycles. The molecule has 0 aliphatic rings. The Labute approximate surface area is 110 Å². The SMILES string of the molecule is COc1ccc(C(O)C(C)S(C)(=O)=O)cc1Br. The maximum Gasteiger partial charge on any atom is 0.152 e. The van der Waals surface area contributed by atoms with Gasteiger partial charge in [-0.1, -0.05) is 6.07 Å². The average molecular weight is 323 g/mol. The molecule has 6 heteroatoms. The molecular weight excluding hydrogens is 308 g/mol. The van der Waals surface area contributed by atoms with Crippen molar-refractivity contribution in [3.05, 3.63) is 28.2 Å². The van der Waals surface area contributed by atoms with E-state index < -0.39 is 21.2 Å². The second-order valence-corrected chi connectivity index (χ2v) is 7.13. The summed E-state index contributed by atoms with van der Waals surface area (Å²) in [5, 5.41) is 9.13. The zero-order chi connectivity index (χ0) is 13.2. The first kappa shape index (κ1) is 14.5. The molecule has 0 saturated heterocycles. The largest absolute Gasteiger partial charge is 0.496 e. The van der Waals surface area contributed by atoms with Gasteiger partial charge in [0.1, 0.15) is 5.75 Å². The number of methoxy groups -OCH3 is 1. The number of rotatable bonds is 4. The van der Waals surface area contributed by atoms with Crippen molar-refractivity contribution < 1.29 is 18.3 Å². The first-order chi connectivity index (χ1) is 7.77. The van der Waals surface area contributed by atoms with E-state index in [0.29, 0.717) is 15.8 Å². The normalized spacial score (nSPS) is 15.4. The summed E-state index contributed by atoms with van der Waals surface area (Å²) in [6, 6.07) is 4.98. The van der Waals surface area contributed by atoms with E-state index >= 15 is 0 Å². The highest BCUT2D eigenvalue weighted by Gasteiger charge is 2.25. The molecule has 0 heterocycles. The van der Waals surface area contributed by atoms with E-state index in [2.05, 4.69) is 15.9 Å². The molecule has 0 saturated carbocycles. The maximum atomic E-state index is 11.4. The molecule has 1 aromatic carbocycles. The monoisotopic (exact) mass is 322 g/mol. The second-order valence-electron chi connectivity index (χ2n) is 3.87. The summed E-state index contributed by atoms with van der Waals surface area (Å²) in [5.41, 5.74) is 0.538. The summed E-state index contributed by atoms with van der Waals surface area (Å²) < 4.78 is 28.5. The Morgan fingerprint density at radius 2 is 2.00 bits per heavy atom.